The lowest BCUT2D eigenvalue weighted by atomic mass is 10.1. The zero-order valence-corrected chi connectivity index (χ0v) is 17.6. The van der Waals surface area contributed by atoms with Crippen LogP contribution in [0.15, 0.2) is 77.7 Å². The number of hydrogen-bond donors (Lipinski definition) is 2. The SMILES string of the molecule is Cc1ccc([C@@H](C)NC(=O)c2ccc(Cl)c(S(=O)(=O)Nc3ccccc3)c2)cc1. The molecule has 3 aromatic carbocycles. The quantitative estimate of drug-likeness (QED) is 0.583. The summed E-state index contributed by atoms with van der Waals surface area (Å²) in [4.78, 5) is 12.5. The Morgan fingerprint density at radius 3 is 2.28 bits per heavy atom. The summed E-state index contributed by atoms with van der Waals surface area (Å²) >= 11 is 6.12. The highest BCUT2D eigenvalue weighted by molar-refractivity contribution is 7.92. The molecule has 1 atom stereocenters. The largest absolute Gasteiger partial charge is 0.346 e. The second-order valence-corrected chi connectivity index (χ2v) is 8.78. The number of anilines is 1. The van der Waals surface area contributed by atoms with E-state index in [1.54, 1.807) is 30.3 Å². The molecule has 5 nitrogen and oxygen atoms in total. The molecule has 0 saturated heterocycles. The summed E-state index contributed by atoms with van der Waals surface area (Å²) < 4.78 is 28.0. The van der Waals surface area contributed by atoms with Crippen LogP contribution in [0.5, 0.6) is 0 Å². The molecule has 2 N–H and O–H groups in total. The van der Waals surface area contributed by atoms with Gasteiger partial charge in [0.1, 0.15) is 4.90 Å². The van der Waals surface area contributed by atoms with Gasteiger partial charge in [-0.3, -0.25) is 9.52 Å². The van der Waals surface area contributed by atoms with Crippen LogP contribution in [-0.4, -0.2) is 14.3 Å². The average molecular weight is 429 g/mol. The van der Waals surface area contributed by atoms with Crippen LogP contribution in [0, 0.1) is 6.92 Å². The third kappa shape index (κ3) is 5.16. The van der Waals surface area contributed by atoms with Crippen LogP contribution in [0.4, 0.5) is 5.69 Å². The van der Waals surface area contributed by atoms with E-state index in [4.69, 9.17) is 11.6 Å². The Morgan fingerprint density at radius 1 is 0.966 bits per heavy atom. The van der Waals surface area contributed by atoms with E-state index < -0.39 is 10.0 Å². The normalized spacial score (nSPS) is 12.2. The monoisotopic (exact) mass is 428 g/mol. The number of amides is 1. The van der Waals surface area contributed by atoms with E-state index in [1.807, 2.05) is 38.1 Å². The van der Waals surface area contributed by atoms with Crippen LogP contribution in [0.25, 0.3) is 0 Å². The number of para-hydroxylation sites is 1. The molecule has 150 valence electrons. The first-order valence-corrected chi connectivity index (χ1v) is 10.9. The summed E-state index contributed by atoms with van der Waals surface area (Å²) in [7, 11) is -3.95. The van der Waals surface area contributed by atoms with Crippen molar-refractivity contribution in [1.29, 1.82) is 0 Å². The highest BCUT2D eigenvalue weighted by Crippen LogP contribution is 2.25. The van der Waals surface area contributed by atoms with E-state index in [0.717, 1.165) is 11.1 Å². The van der Waals surface area contributed by atoms with Gasteiger partial charge in [-0.1, -0.05) is 59.6 Å². The number of halogens is 1. The third-order valence-electron chi connectivity index (χ3n) is 4.43. The Kier molecular flexibility index (Phi) is 6.25. The summed E-state index contributed by atoms with van der Waals surface area (Å²) in [6, 6.07) is 20.3. The Bertz CT molecular complexity index is 1110. The Labute approximate surface area is 175 Å². The minimum atomic E-state index is -3.95. The van der Waals surface area contributed by atoms with Gasteiger partial charge in [-0.2, -0.15) is 0 Å². The molecule has 0 radical (unpaired) electrons. The maximum Gasteiger partial charge on any atom is 0.263 e. The van der Waals surface area contributed by atoms with E-state index in [0.29, 0.717) is 5.69 Å². The zero-order chi connectivity index (χ0) is 21.0. The summed E-state index contributed by atoms with van der Waals surface area (Å²) in [5.41, 5.74) is 2.70. The first-order chi connectivity index (χ1) is 13.8. The maximum atomic E-state index is 12.7. The molecule has 0 saturated carbocycles. The highest BCUT2D eigenvalue weighted by atomic mass is 35.5. The van der Waals surface area contributed by atoms with Gasteiger partial charge < -0.3 is 5.32 Å². The van der Waals surface area contributed by atoms with Gasteiger partial charge in [0, 0.05) is 11.3 Å². The van der Waals surface area contributed by atoms with Crippen molar-refractivity contribution in [3.63, 3.8) is 0 Å². The predicted molar refractivity (Wildman–Crippen MR) is 116 cm³/mol. The molecule has 0 heterocycles. The molecular weight excluding hydrogens is 408 g/mol. The number of sulfonamides is 1. The second-order valence-electron chi connectivity index (χ2n) is 6.72. The van der Waals surface area contributed by atoms with E-state index in [2.05, 4.69) is 10.0 Å². The number of rotatable bonds is 6. The summed E-state index contributed by atoms with van der Waals surface area (Å²) in [6.07, 6.45) is 0. The van der Waals surface area contributed by atoms with Crippen LogP contribution in [0.1, 0.15) is 34.5 Å². The molecule has 0 fully saturated rings. The Balaban J connectivity index is 1.82. The fourth-order valence-electron chi connectivity index (χ4n) is 2.79. The predicted octanol–water partition coefficient (Wildman–Crippen LogP) is 4.94. The smallest absolute Gasteiger partial charge is 0.263 e. The summed E-state index contributed by atoms with van der Waals surface area (Å²) in [6.45, 7) is 3.86. The van der Waals surface area contributed by atoms with Crippen LogP contribution in [0.2, 0.25) is 5.02 Å². The average Bonchev–Trinajstić information content (AvgIpc) is 2.69. The van der Waals surface area contributed by atoms with E-state index in [-0.39, 0.29) is 27.4 Å². The molecule has 0 spiro atoms. The molecule has 0 aliphatic rings. The van der Waals surface area contributed by atoms with Gasteiger partial charge in [-0.25, -0.2) is 8.42 Å². The fourth-order valence-corrected chi connectivity index (χ4v) is 4.37. The van der Waals surface area contributed by atoms with Crippen LogP contribution >= 0.6 is 11.6 Å². The van der Waals surface area contributed by atoms with Gasteiger partial charge >= 0.3 is 0 Å². The van der Waals surface area contributed by atoms with Crippen molar-refractivity contribution in [2.75, 3.05) is 4.72 Å². The first kappa shape index (κ1) is 20.9. The highest BCUT2D eigenvalue weighted by Gasteiger charge is 2.21. The minimum absolute atomic E-state index is 0.0385. The molecule has 3 rings (SSSR count). The topological polar surface area (TPSA) is 75.3 Å². The molecule has 0 aliphatic carbocycles. The molecule has 1 amide bonds. The molecule has 3 aromatic rings. The van der Waals surface area contributed by atoms with Gasteiger partial charge in [0.25, 0.3) is 15.9 Å². The van der Waals surface area contributed by atoms with Gasteiger partial charge in [-0.15, -0.1) is 0 Å². The Hall–Kier alpha value is -2.83. The van der Waals surface area contributed by atoms with E-state index in [1.165, 1.54) is 18.2 Å². The van der Waals surface area contributed by atoms with Crippen molar-refractivity contribution < 1.29 is 13.2 Å². The van der Waals surface area contributed by atoms with Crippen LogP contribution in [-0.2, 0) is 10.0 Å². The summed E-state index contributed by atoms with van der Waals surface area (Å²) in [5.74, 6) is -0.383. The standard InChI is InChI=1S/C22H21ClN2O3S/c1-15-8-10-17(11-9-15)16(2)24-22(26)18-12-13-20(23)21(14-18)29(27,28)25-19-6-4-3-5-7-19/h3-14,16,25H,1-2H3,(H,24,26)/t16-/m1/s1. The lowest BCUT2D eigenvalue weighted by Crippen LogP contribution is -2.27. The number of carbonyl (C=O) groups is 1. The number of hydrogen-bond acceptors (Lipinski definition) is 3. The van der Waals surface area contributed by atoms with Crippen molar-refractivity contribution in [2.24, 2.45) is 0 Å². The zero-order valence-electron chi connectivity index (χ0n) is 16.0. The number of nitrogens with one attached hydrogen (secondary N) is 2. The summed E-state index contributed by atoms with van der Waals surface area (Å²) in [5, 5.41) is 2.92. The van der Waals surface area contributed by atoms with Crippen molar-refractivity contribution >= 4 is 33.2 Å². The lowest BCUT2D eigenvalue weighted by molar-refractivity contribution is 0.0939. The molecule has 29 heavy (non-hydrogen) atoms. The van der Waals surface area contributed by atoms with Crippen LogP contribution in [0.3, 0.4) is 0 Å². The van der Waals surface area contributed by atoms with Crippen molar-refractivity contribution in [2.45, 2.75) is 24.8 Å². The minimum Gasteiger partial charge on any atom is -0.346 e. The van der Waals surface area contributed by atoms with Gasteiger partial charge in [0.2, 0.25) is 0 Å². The van der Waals surface area contributed by atoms with Crippen molar-refractivity contribution in [3.8, 4) is 0 Å². The molecule has 0 aliphatic heterocycles. The molecule has 0 bridgehead atoms. The van der Waals surface area contributed by atoms with Crippen molar-refractivity contribution in [3.05, 3.63) is 94.5 Å². The lowest BCUT2D eigenvalue weighted by Gasteiger charge is -2.16. The third-order valence-corrected chi connectivity index (χ3v) is 6.30. The van der Waals surface area contributed by atoms with Crippen molar-refractivity contribution in [1.82, 2.24) is 5.32 Å². The number of carbonyl (C=O) groups excluding carboxylic acids is 1. The molecule has 0 aromatic heterocycles. The van der Waals surface area contributed by atoms with Gasteiger partial charge in [-0.05, 0) is 49.7 Å². The first-order valence-electron chi connectivity index (χ1n) is 9.01. The van der Waals surface area contributed by atoms with Crippen LogP contribution < -0.4 is 10.0 Å². The number of aryl methyl sites for hydroxylation is 1. The maximum absolute atomic E-state index is 12.7. The van der Waals surface area contributed by atoms with E-state index in [9.17, 15) is 13.2 Å². The van der Waals surface area contributed by atoms with Gasteiger partial charge in [0.15, 0.2) is 0 Å². The molecular formula is C22H21ClN2O3S. The Morgan fingerprint density at radius 2 is 1.62 bits per heavy atom. The second kappa shape index (κ2) is 8.68. The fraction of sp³-hybridized carbons (Fsp3) is 0.136. The molecule has 0 unspecified atom stereocenters. The number of benzene rings is 3. The van der Waals surface area contributed by atoms with Gasteiger partial charge in [0.05, 0.1) is 11.1 Å². The molecule has 7 heteroatoms. The van der Waals surface area contributed by atoms with E-state index >= 15 is 0 Å².